The van der Waals surface area contributed by atoms with E-state index in [4.69, 9.17) is 0 Å². The van der Waals surface area contributed by atoms with E-state index in [0.717, 1.165) is 6.08 Å². The molecule has 0 heterocycles. The minimum atomic E-state index is -3.96. The van der Waals surface area contributed by atoms with Crippen molar-refractivity contribution in [3.8, 4) is 0 Å². The first-order valence-corrected chi connectivity index (χ1v) is 5.12. The van der Waals surface area contributed by atoms with Gasteiger partial charge in [-0.3, -0.25) is 8.98 Å². The van der Waals surface area contributed by atoms with E-state index in [0.29, 0.717) is 0 Å². The fourth-order valence-electron chi connectivity index (χ4n) is 0.420. The van der Waals surface area contributed by atoms with Gasteiger partial charge in [0.25, 0.3) is 5.91 Å². The Kier molecular flexibility index (Phi) is 8.16. The number of rotatable bonds is 5. The van der Waals surface area contributed by atoms with Gasteiger partial charge in [0, 0.05) is 0 Å². The van der Waals surface area contributed by atoms with Crippen molar-refractivity contribution in [2.24, 2.45) is 5.92 Å². The molecule has 0 saturated carbocycles. The second-order valence-electron chi connectivity index (χ2n) is 2.80. The van der Waals surface area contributed by atoms with Gasteiger partial charge in [-0.25, -0.2) is 4.72 Å². The van der Waals surface area contributed by atoms with Crippen LogP contribution >= 0.6 is 0 Å². The van der Waals surface area contributed by atoms with Gasteiger partial charge >= 0.3 is 29.2 Å². The molecule has 0 aromatic rings. The normalized spacial score (nSPS) is 10.5. The quantitative estimate of drug-likeness (QED) is 0.401. The van der Waals surface area contributed by atoms with Crippen LogP contribution < -0.4 is 23.6 Å². The predicted molar refractivity (Wildman–Crippen MR) is 49.2 cm³/mol. The summed E-state index contributed by atoms with van der Waals surface area (Å²) >= 11 is 0. The maximum Gasteiger partial charge on any atom is 1.00 e. The second-order valence-corrected chi connectivity index (χ2v) is 4.15. The van der Waals surface area contributed by atoms with Crippen LogP contribution in [0.3, 0.4) is 0 Å². The molecule has 0 atom stereocenters. The van der Waals surface area contributed by atoms with Gasteiger partial charge in [0.2, 0.25) is 0 Å². The fraction of sp³-hybridized carbons (Fsp3) is 0.571. The number of hydrogen-bond acceptors (Lipinski definition) is 4. The third-order valence-corrected chi connectivity index (χ3v) is 1.87. The molecule has 0 saturated heterocycles. The van der Waals surface area contributed by atoms with Crippen molar-refractivity contribution in [1.82, 2.24) is 4.72 Å². The molecule has 0 aliphatic carbocycles. The summed E-state index contributed by atoms with van der Waals surface area (Å²) in [7, 11) is -3.96. The molecule has 5 nitrogen and oxygen atoms in total. The molecule has 0 aromatic carbocycles. The third-order valence-electron chi connectivity index (χ3n) is 0.968. The SMILES string of the molecule is C=CC(=O)NS(=O)(=O)OCC(C)C.[H-].[Li+]. The van der Waals surface area contributed by atoms with Gasteiger partial charge in [0.15, 0.2) is 0 Å². The zero-order valence-electron chi connectivity index (χ0n) is 9.61. The Labute approximate surface area is 97.8 Å². The number of carbonyl (C=O) groups excluding carboxylic acids is 1. The summed E-state index contributed by atoms with van der Waals surface area (Å²) in [6, 6.07) is 0. The van der Waals surface area contributed by atoms with Crippen molar-refractivity contribution in [1.29, 1.82) is 0 Å². The second kappa shape index (κ2) is 7.07. The van der Waals surface area contributed by atoms with Gasteiger partial charge in [-0.15, -0.1) is 0 Å². The van der Waals surface area contributed by atoms with Gasteiger partial charge in [0.1, 0.15) is 0 Å². The summed E-state index contributed by atoms with van der Waals surface area (Å²) in [5.74, 6) is -0.723. The standard InChI is InChI=1S/C7H13NO4S.Li.H/c1-4-7(9)8-13(10,11)12-5-6(2)3;;/h4,6H,1,5H2,2-3H3,(H,8,9);;/q;+1;-1. The van der Waals surface area contributed by atoms with Gasteiger partial charge in [0.05, 0.1) is 6.61 Å². The maximum absolute atomic E-state index is 10.9. The van der Waals surface area contributed by atoms with E-state index in [-0.39, 0.29) is 32.8 Å². The molecule has 7 heteroatoms. The van der Waals surface area contributed by atoms with Crippen LogP contribution in [0.15, 0.2) is 12.7 Å². The Bertz CT molecular complexity index is 291. The zero-order chi connectivity index (χ0) is 10.5. The number of amides is 1. The molecule has 0 spiro atoms. The van der Waals surface area contributed by atoms with E-state index in [1.54, 1.807) is 18.6 Å². The molecular formula is C7H14LiNO4S. The van der Waals surface area contributed by atoms with Crippen LogP contribution in [0.5, 0.6) is 0 Å². The summed E-state index contributed by atoms with van der Waals surface area (Å²) in [5, 5.41) is 0. The molecule has 1 N–H and O–H groups in total. The molecule has 0 aromatic heterocycles. The van der Waals surface area contributed by atoms with Gasteiger partial charge in [-0.05, 0) is 12.0 Å². The minimum absolute atomic E-state index is 0. The zero-order valence-corrected chi connectivity index (χ0v) is 9.43. The molecule has 0 unspecified atom stereocenters. The Morgan fingerprint density at radius 3 is 2.50 bits per heavy atom. The summed E-state index contributed by atoms with van der Waals surface area (Å²) in [4.78, 5) is 10.6. The molecule has 0 fully saturated rings. The van der Waals surface area contributed by atoms with Crippen LogP contribution in [-0.2, 0) is 19.3 Å². The van der Waals surface area contributed by atoms with Crippen molar-refractivity contribution in [3.05, 3.63) is 12.7 Å². The van der Waals surface area contributed by atoms with Crippen LogP contribution in [-0.4, -0.2) is 20.9 Å². The van der Waals surface area contributed by atoms with Crippen LogP contribution in [0.1, 0.15) is 15.3 Å². The summed E-state index contributed by atoms with van der Waals surface area (Å²) in [5.41, 5.74) is 0. The first-order valence-electron chi connectivity index (χ1n) is 3.71. The van der Waals surface area contributed by atoms with Crippen molar-refractivity contribution in [2.45, 2.75) is 13.8 Å². The first kappa shape index (κ1) is 16.2. The van der Waals surface area contributed by atoms with Crippen LogP contribution in [0.4, 0.5) is 0 Å². The molecule has 14 heavy (non-hydrogen) atoms. The first-order chi connectivity index (χ1) is 5.87. The number of nitrogens with one attached hydrogen (secondary N) is 1. The van der Waals surface area contributed by atoms with Crippen LogP contribution in [0.25, 0.3) is 0 Å². The molecule has 0 aliphatic rings. The van der Waals surface area contributed by atoms with Crippen molar-refractivity contribution < 1.29 is 37.7 Å². The van der Waals surface area contributed by atoms with E-state index >= 15 is 0 Å². The predicted octanol–water partition coefficient (Wildman–Crippen LogP) is -2.68. The average Bonchev–Trinajstić information content (AvgIpc) is 2.00. The van der Waals surface area contributed by atoms with Crippen LogP contribution in [0.2, 0.25) is 0 Å². The molecular weight excluding hydrogens is 201 g/mol. The molecule has 0 rings (SSSR count). The fourth-order valence-corrected chi connectivity index (χ4v) is 1.26. The molecule has 1 amide bonds. The van der Waals surface area contributed by atoms with Crippen molar-refractivity contribution in [3.63, 3.8) is 0 Å². The third kappa shape index (κ3) is 8.32. The van der Waals surface area contributed by atoms with E-state index < -0.39 is 16.2 Å². The van der Waals surface area contributed by atoms with Gasteiger partial charge in [-0.2, -0.15) is 8.42 Å². The smallest absolute Gasteiger partial charge is 1.00 e. The Hall–Kier alpha value is -0.283. The molecule has 0 aliphatic heterocycles. The monoisotopic (exact) mass is 215 g/mol. The minimum Gasteiger partial charge on any atom is -1.00 e. The molecule has 0 bridgehead atoms. The molecule has 0 radical (unpaired) electrons. The summed E-state index contributed by atoms with van der Waals surface area (Å²) < 4.78 is 27.9. The number of carbonyl (C=O) groups is 1. The topological polar surface area (TPSA) is 72.5 Å². The van der Waals surface area contributed by atoms with Crippen molar-refractivity contribution in [2.75, 3.05) is 6.61 Å². The van der Waals surface area contributed by atoms with Crippen LogP contribution in [0, 0.1) is 5.92 Å². The van der Waals surface area contributed by atoms with Gasteiger partial charge < -0.3 is 1.43 Å². The number of hydrogen-bond donors (Lipinski definition) is 1. The van der Waals surface area contributed by atoms with E-state index in [9.17, 15) is 13.2 Å². The summed E-state index contributed by atoms with van der Waals surface area (Å²) in [6.07, 6.45) is 0.857. The largest absolute Gasteiger partial charge is 1.00 e. The van der Waals surface area contributed by atoms with E-state index in [2.05, 4.69) is 10.8 Å². The Balaban J connectivity index is -0.000000720. The van der Waals surface area contributed by atoms with E-state index in [1.165, 1.54) is 0 Å². The van der Waals surface area contributed by atoms with Gasteiger partial charge in [-0.1, -0.05) is 20.4 Å². The Morgan fingerprint density at radius 2 is 2.14 bits per heavy atom. The van der Waals surface area contributed by atoms with E-state index in [1.807, 2.05) is 0 Å². The molecule has 78 valence electrons. The van der Waals surface area contributed by atoms with Crippen molar-refractivity contribution >= 4 is 16.2 Å². The average molecular weight is 215 g/mol. The summed E-state index contributed by atoms with van der Waals surface area (Å²) in [6.45, 7) is 6.74. The maximum atomic E-state index is 10.9. The Morgan fingerprint density at radius 1 is 1.64 bits per heavy atom.